The smallest absolute Gasteiger partial charge is 0.334 e. The van der Waals surface area contributed by atoms with Gasteiger partial charge in [0.05, 0.1) is 21.8 Å². The first-order valence-electron chi connectivity index (χ1n) is 9.09. The van der Waals surface area contributed by atoms with Crippen molar-refractivity contribution in [3.8, 4) is 11.3 Å². The molecule has 2 heterocycles. The highest BCUT2D eigenvalue weighted by atomic mass is 32.2. The average molecular weight is 421 g/mol. The summed E-state index contributed by atoms with van der Waals surface area (Å²) in [4.78, 5) is 4.38. The normalized spacial score (nSPS) is 14.4. The zero-order chi connectivity index (χ0) is 20.6. The van der Waals surface area contributed by atoms with E-state index >= 15 is 0 Å². The number of benzene rings is 2. The van der Waals surface area contributed by atoms with Crippen molar-refractivity contribution in [3.05, 3.63) is 66.1 Å². The first-order valence-corrected chi connectivity index (χ1v) is 10.6. The molecule has 1 N–H and O–H groups in total. The van der Waals surface area contributed by atoms with Crippen LogP contribution in [-0.2, 0) is 29.2 Å². The summed E-state index contributed by atoms with van der Waals surface area (Å²) >= 11 is 0. The van der Waals surface area contributed by atoms with Gasteiger partial charge in [0.1, 0.15) is 5.82 Å². The fourth-order valence-electron chi connectivity index (χ4n) is 3.36. The van der Waals surface area contributed by atoms with Gasteiger partial charge in [0.2, 0.25) is 0 Å². The fourth-order valence-corrected chi connectivity index (χ4v) is 4.44. The summed E-state index contributed by atoms with van der Waals surface area (Å²) in [6.07, 6.45) is 0.394. The third-order valence-electron chi connectivity index (χ3n) is 4.85. The van der Waals surface area contributed by atoms with Gasteiger partial charge in [0, 0.05) is 24.7 Å². The number of alkyl halides is 3. The standard InChI is InChI=1S/C20H18F3N3O2S/c21-20(22,23)14-8-10-15(11-9-14)29(27,28)25-17-6-2-1-5-16(17)18-13-26-12-4-3-7-19(26)24-18/h1-2,5-6,8-11,13,25H,3-4,7,12H2. The van der Waals surface area contributed by atoms with Gasteiger partial charge in [-0.25, -0.2) is 13.4 Å². The molecule has 0 fully saturated rings. The second-order valence-electron chi connectivity index (χ2n) is 6.87. The van der Waals surface area contributed by atoms with Crippen LogP contribution in [0.2, 0.25) is 0 Å². The molecule has 1 aliphatic rings. The van der Waals surface area contributed by atoms with Gasteiger partial charge in [0.25, 0.3) is 10.0 Å². The zero-order valence-corrected chi connectivity index (χ0v) is 16.1. The molecule has 152 valence electrons. The molecule has 5 nitrogen and oxygen atoms in total. The molecule has 0 unspecified atom stereocenters. The molecule has 0 atom stereocenters. The number of hydrogen-bond donors (Lipinski definition) is 1. The number of nitrogens with one attached hydrogen (secondary N) is 1. The van der Waals surface area contributed by atoms with Crippen LogP contribution >= 0.6 is 0 Å². The number of aryl methyl sites for hydroxylation is 2. The topological polar surface area (TPSA) is 64.0 Å². The number of imidazole rings is 1. The van der Waals surface area contributed by atoms with Crippen molar-refractivity contribution in [2.75, 3.05) is 4.72 Å². The predicted molar refractivity (Wildman–Crippen MR) is 103 cm³/mol. The van der Waals surface area contributed by atoms with E-state index in [1.165, 1.54) is 0 Å². The Balaban J connectivity index is 1.65. The molecule has 0 saturated carbocycles. The second-order valence-corrected chi connectivity index (χ2v) is 8.55. The number of para-hydroxylation sites is 1. The first kappa shape index (κ1) is 19.5. The molecule has 0 bridgehead atoms. The minimum Gasteiger partial charge on any atom is -0.334 e. The van der Waals surface area contributed by atoms with Gasteiger partial charge >= 0.3 is 6.18 Å². The molecule has 4 rings (SSSR count). The van der Waals surface area contributed by atoms with Crippen LogP contribution in [-0.4, -0.2) is 18.0 Å². The maximum atomic E-state index is 12.7. The van der Waals surface area contributed by atoms with Crippen LogP contribution in [0.3, 0.4) is 0 Å². The molecule has 29 heavy (non-hydrogen) atoms. The van der Waals surface area contributed by atoms with E-state index in [1.54, 1.807) is 24.3 Å². The molecular weight excluding hydrogens is 403 g/mol. The Morgan fingerprint density at radius 1 is 1.00 bits per heavy atom. The van der Waals surface area contributed by atoms with Crippen LogP contribution in [0.1, 0.15) is 24.2 Å². The van der Waals surface area contributed by atoms with Crippen molar-refractivity contribution in [2.45, 2.75) is 36.9 Å². The molecule has 9 heteroatoms. The van der Waals surface area contributed by atoms with Crippen LogP contribution in [0.15, 0.2) is 59.6 Å². The van der Waals surface area contributed by atoms with Crippen LogP contribution in [0, 0.1) is 0 Å². The van der Waals surface area contributed by atoms with Crippen molar-refractivity contribution in [1.82, 2.24) is 9.55 Å². The number of hydrogen-bond acceptors (Lipinski definition) is 3. The third-order valence-corrected chi connectivity index (χ3v) is 6.23. The Morgan fingerprint density at radius 3 is 2.41 bits per heavy atom. The summed E-state index contributed by atoms with van der Waals surface area (Å²) in [5, 5.41) is 0. The van der Waals surface area contributed by atoms with Gasteiger partial charge in [0.15, 0.2) is 0 Å². The molecule has 0 amide bonds. The summed E-state index contributed by atoms with van der Waals surface area (Å²) in [6, 6.07) is 10.2. The number of rotatable bonds is 4. The van der Waals surface area contributed by atoms with Gasteiger partial charge in [-0.15, -0.1) is 0 Å². The number of aromatic nitrogens is 2. The maximum Gasteiger partial charge on any atom is 0.416 e. The van der Waals surface area contributed by atoms with E-state index in [0.29, 0.717) is 16.9 Å². The maximum absolute atomic E-state index is 12.7. The summed E-state index contributed by atoms with van der Waals surface area (Å²) in [7, 11) is -4.06. The Kier molecular flexibility index (Phi) is 4.85. The third kappa shape index (κ3) is 4.00. The van der Waals surface area contributed by atoms with Crippen LogP contribution in [0.5, 0.6) is 0 Å². The highest BCUT2D eigenvalue weighted by Crippen LogP contribution is 2.32. The zero-order valence-electron chi connectivity index (χ0n) is 15.3. The lowest BCUT2D eigenvalue weighted by molar-refractivity contribution is -0.137. The van der Waals surface area contributed by atoms with E-state index in [0.717, 1.165) is 55.9 Å². The van der Waals surface area contributed by atoms with Crippen molar-refractivity contribution in [3.63, 3.8) is 0 Å². The number of anilines is 1. The van der Waals surface area contributed by atoms with E-state index in [1.807, 2.05) is 6.20 Å². The Morgan fingerprint density at radius 2 is 1.72 bits per heavy atom. The molecule has 3 aromatic rings. The summed E-state index contributed by atoms with van der Waals surface area (Å²) < 4.78 is 68.2. The first-order chi connectivity index (χ1) is 13.7. The van der Waals surface area contributed by atoms with E-state index in [-0.39, 0.29) is 4.90 Å². The van der Waals surface area contributed by atoms with E-state index in [4.69, 9.17) is 0 Å². The molecular formula is C20H18F3N3O2S. The molecule has 1 aromatic heterocycles. The lowest BCUT2D eigenvalue weighted by Crippen LogP contribution is -2.14. The van der Waals surface area contributed by atoms with Crippen LogP contribution in [0.4, 0.5) is 18.9 Å². The summed E-state index contributed by atoms with van der Waals surface area (Å²) in [6.45, 7) is 0.877. The molecule has 1 aliphatic heterocycles. The average Bonchev–Trinajstić information content (AvgIpc) is 3.11. The molecule has 0 radical (unpaired) electrons. The van der Waals surface area contributed by atoms with E-state index < -0.39 is 21.8 Å². The number of nitrogens with zero attached hydrogens (tertiary/aromatic N) is 2. The number of fused-ring (bicyclic) bond motifs is 1. The number of halogens is 3. The van der Waals surface area contributed by atoms with Crippen LogP contribution < -0.4 is 4.72 Å². The van der Waals surface area contributed by atoms with Gasteiger partial charge in [-0.2, -0.15) is 13.2 Å². The molecule has 0 aliphatic carbocycles. The van der Waals surface area contributed by atoms with Gasteiger partial charge in [-0.1, -0.05) is 18.2 Å². The van der Waals surface area contributed by atoms with Gasteiger partial charge in [-0.3, -0.25) is 4.72 Å². The van der Waals surface area contributed by atoms with E-state index in [9.17, 15) is 21.6 Å². The predicted octanol–water partition coefficient (Wildman–Crippen LogP) is 4.71. The van der Waals surface area contributed by atoms with E-state index in [2.05, 4.69) is 14.3 Å². The lowest BCUT2D eigenvalue weighted by atomic mass is 10.1. The largest absolute Gasteiger partial charge is 0.416 e. The Bertz CT molecular complexity index is 1110. The Labute approximate surface area is 166 Å². The SMILES string of the molecule is O=S(=O)(Nc1ccccc1-c1cn2c(n1)CCCC2)c1ccc(C(F)(F)F)cc1. The minimum absolute atomic E-state index is 0.246. The molecule has 0 spiro atoms. The molecule has 2 aromatic carbocycles. The highest BCUT2D eigenvalue weighted by Gasteiger charge is 2.30. The highest BCUT2D eigenvalue weighted by molar-refractivity contribution is 7.92. The van der Waals surface area contributed by atoms with Crippen molar-refractivity contribution in [1.29, 1.82) is 0 Å². The lowest BCUT2D eigenvalue weighted by Gasteiger charge is -2.12. The quantitative estimate of drug-likeness (QED) is 0.664. The molecule has 0 saturated heterocycles. The van der Waals surface area contributed by atoms with Crippen molar-refractivity contribution < 1.29 is 21.6 Å². The Hall–Kier alpha value is -2.81. The van der Waals surface area contributed by atoms with Crippen molar-refractivity contribution >= 4 is 15.7 Å². The van der Waals surface area contributed by atoms with Crippen LogP contribution in [0.25, 0.3) is 11.3 Å². The van der Waals surface area contributed by atoms with Gasteiger partial charge in [-0.05, 0) is 43.2 Å². The second kappa shape index (κ2) is 7.22. The summed E-state index contributed by atoms with van der Waals surface area (Å²) in [5.41, 5.74) is 0.695. The van der Waals surface area contributed by atoms with Gasteiger partial charge < -0.3 is 4.57 Å². The monoisotopic (exact) mass is 421 g/mol. The van der Waals surface area contributed by atoms with Crippen molar-refractivity contribution in [2.24, 2.45) is 0 Å². The summed E-state index contributed by atoms with van der Waals surface area (Å²) in [5.74, 6) is 0.964. The minimum atomic E-state index is -4.53. The fraction of sp³-hybridized carbons (Fsp3) is 0.250. The number of sulfonamides is 1.